The van der Waals surface area contributed by atoms with Crippen molar-refractivity contribution in [2.45, 2.75) is 5.88 Å². The summed E-state index contributed by atoms with van der Waals surface area (Å²) in [4.78, 5) is 11.5. The number of carbonyl (C=O) groups is 1. The van der Waals surface area contributed by atoms with Crippen LogP contribution >= 0.6 is 23.4 Å². The van der Waals surface area contributed by atoms with Crippen molar-refractivity contribution in [2.24, 2.45) is 0 Å². The summed E-state index contributed by atoms with van der Waals surface area (Å²) in [7, 11) is 1.49. The highest BCUT2D eigenvalue weighted by molar-refractivity contribution is 6.24. The topological polar surface area (TPSA) is 20.3 Å². The van der Waals surface area contributed by atoms with Gasteiger partial charge in [-0.15, -0.1) is 11.6 Å². The van der Waals surface area contributed by atoms with Gasteiger partial charge in [0, 0.05) is 30.3 Å². The largest absolute Gasteiger partial charge is 0.268 e. The molecule has 0 N–H and O–H groups in total. The normalized spacial score (nSPS) is 9.77. The van der Waals surface area contributed by atoms with Crippen LogP contribution in [-0.2, 0) is 5.88 Å². The first-order valence-corrected chi connectivity index (χ1v) is 4.61. The minimum absolute atomic E-state index is 0.238. The van der Waals surface area contributed by atoms with Crippen LogP contribution in [0.15, 0.2) is 24.3 Å². The molecule has 1 aromatic carbocycles. The van der Waals surface area contributed by atoms with E-state index in [2.05, 4.69) is 0 Å². The molecular weight excluding hydrogens is 209 g/mol. The lowest BCUT2D eigenvalue weighted by atomic mass is 10.1. The Balaban J connectivity index is 3.06. The van der Waals surface area contributed by atoms with E-state index in [0.29, 0.717) is 11.4 Å². The van der Waals surface area contributed by atoms with Gasteiger partial charge in [0.25, 0.3) is 5.91 Å². The number of carbonyl (C=O) groups excluding carboxylic acids is 1. The Labute approximate surface area is 87.2 Å². The summed E-state index contributed by atoms with van der Waals surface area (Å²) >= 11 is 11.2. The van der Waals surface area contributed by atoms with Crippen molar-refractivity contribution in [3.8, 4) is 0 Å². The number of benzene rings is 1. The van der Waals surface area contributed by atoms with Gasteiger partial charge in [-0.1, -0.05) is 18.2 Å². The highest BCUT2D eigenvalue weighted by Crippen LogP contribution is 2.13. The molecule has 0 saturated carbocycles. The summed E-state index contributed by atoms with van der Waals surface area (Å²) in [6.45, 7) is 0. The first-order chi connectivity index (χ1) is 6.16. The van der Waals surface area contributed by atoms with Gasteiger partial charge in [0.05, 0.1) is 0 Å². The number of rotatable bonds is 2. The molecule has 0 aliphatic rings. The zero-order valence-electron chi connectivity index (χ0n) is 7.13. The molecule has 0 unspecified atom stereocenters. The van der Waals surface area contributed by atoms with Crippen molar-refractivity contribution >= 4 is 29.3 Å². The summed E-state index contributed by atoms with van der Waals surface area (Å²) in [6, 6.07) is 7.13. The summed E-state index contributed by atoms with van der Waals surface area (Å²) in [5, 5.41) is 0. The number of amides is 1. The molecule has 1 amide bonds. The molecule has 0 heterocycles. The van der Waals surface area contributed by atoms with Crippen LogP contribution < -0.4 is 0 Å². The fraction of sp³-hybridized carbons (Fsp3) is 0.222. The van der Waals surface area contributed by atoms with Crippen LogP contribution in [0.25, 0.3) is 0 Å². The molecule has 0 spiro atoms. The predicted molar refractivity (Wildman–Crippen MR) is 53.9 cm³/mol. The maximum Gasteiger partial charge on any atom is 0.268 e. The molecule has 0 aromatic heterocycles. The number of hydrogen-bond acceptors (Lipinski definition) is 1. The summed E-state index contributed by atoms with van der Waals surface area (Å²) in [6.07, 6.45) is 0. The van der Waals surface area contributed by atoms with Gasteiger partial charge in [0.1, 0.15) is 0 Å². The fourth-order valence-electron chi connectivity index (χ4n) is 1.01. The molecule has 0 atom stereocenters. The molecule has 1 aromatic rings. The van der Waals surface area contributed by atoms with E-state index >= 15 is 0 Å². The third kappa shape index (κ3) is 2.36. The number of nitrogens with zero attached hydrogens (tertiary/aromatic N) is 1. The van der Waals surface area contributed by atoms with Gasteiger partial charge in [-0.05, 0) is 11.6 Å². The molecule has 2 nitrogen and oxygen atoms in total. The highest BCUT2D eigenvalue weighted by Gasteiger charge is 2.12. The quantitative estimate of drug-likeness (QED) is 0.552. The Hall–Kier alpha value is -0.730. The molecule has 0 aliphatic carbocycles. The molecule has 0 aliphatic heterocycles. The Morgan fingerprint density at radius 3 is 2.62 bits per heavy atom. The predicted octanol–water partition coefficient (Wildman–Crippen LogP) is 2.65. The van der Waals surface area contributed by atoms with E-state index in [9.17, 15) is 4.79 Å². The highest BCUT2D eigenvalue weighted by atomic mass is 35.5. The number of halogens is 2. The first kappa shape index (κ1) is 10.4. The van der Waals surface area contributed by atoms with Crippen LogP contribution in [0.2, 0.25) is 0 Å². The van der Waals surface area contributed by atoms with E-state index in [1.165, 1.54) is 7.05 Å². The molecule has 0 bridgehead atoms. The molecule has 70 valence electrons. The Bertz CT molecular complexity index is 312. The van der Waals surface area contributed by atoms with Gasteiger partial charge in [0.2, 0.25) is 0 Å². The summed E-state index contributed by atoms with van der Waals surface area (Å²) in [5.41, 5.74) is 1.34. The van der Waals surface area contributed by atoms with Crippen LogP contribution in [0.4, 0.5) is 0 Å². The average Bonchev–Trinajstić information content (AvgIpc) is 2.16. The van der Waals surface area contributed by atoms with Crippen LogP contribution in [0.1, 0.15) is 15.9 Å². The van der Waals surface area contributed by atoms with Gasteiger partial charge in [-0.2, -0.15) is 0 Å². The maximum atomic E-state index is 11.5. The minimum atomic E-state index is -0.238. The van der Waals surface area contributed by atoms with Gasteiger partial charge in [-0.25, -0.2) is 0 Å². The molecule has 0 radical (unpaired) electrons. The van der Waals surface area contributed by atoms with Gasteiger partial charge < -0.3 is 0 Å². The van der Waals surface area contributed by atoms with E-state index < -0.39 is 0 Å². The minimum Gasteiger partial charge on any atom is -0.268 e. The van der Waals surface area contributed by atoms with Gasteiger partial charge in [-0.3, -0.25) is 9.21 Å². The second-order valence-corrected chi connectivity index (χ2v) is 3.35. The van der Waals surface area contributed by atoms with Gasteiger partial charge >= 0.3 is 0 Å². The lowest BCUT2D eigenvalue weighted by Gasteiger charge is -2.09. The third-order valence-electron chi connectivity index (χ3n) is 1.67. The molecular formula is C9H9Cl2NO. The zero-order chi connectivity index (χ0) is 9.84. The van der Waals surface area contributed by atoms with E-state index in [1.54, 1.807) is 18.2 Å². The van der Waals surface area contributed by atoms with Crippen LogP contribution in [-0.4, -0.2) is 17.4 Å². The summed E-state index contributed by atoms with van der Waals surface area (Å²) < 4.78 is 1.02. The van der Waals surface area contributed by atoms with Crippen molar-refractivity contribution in [1.29, 1.82) is 0 Å². The fourth-order valence-corrected chi connectivity index (χ4v) is 1.34. The van der Waals surface area contributed by atoms with Crippen LogP contribution in [0.3, 0.4) is 0 Å². The monoisotopic (exact) mass is 217 g/mol. The van der Waals surface area contributed by atoms with E-state index in [4.69, 9.17) is 23.4 Å². The van der Waals surface area contributed by atoms with Crippen molar-refractivity contribution in [3.63, 3.8) is 0 Å². The Kier molecular flexibility index (Phi) is 3.58. The number of alkyl halides is 1. The van der Waals surface area contributed by atoms with Crippen molar-refractivity contribution < 1.29 is 4.79 Å². The van der Waals surface area contributed by atoms with E-state index in [-0.39, 0.29) is 5.91 Å². The van der Waals surface area contributed by atoms with E-state index in [0.717, 1.165) is 9.98 Å². The SMILES string of the molecule is CN(Cl)C(=O)c1ccccc1CCl. The Morgan fingerprint density at radius 2 is 2.08 bits per heavy atom. The van der Waals surface area contributed by atoms with Crippen molar-refractivity contribution in [3.05, 3.63) is 35.4 Å². The number of hydrogen-bond donors (Lipinski definition) is 0. The van der Waals surface area contributed by atoms with Crippen LogP contribution in [0, 0.1) is 0 Å². The zero-order valence-corrected chi connectivity index (χ0v) is 8.64. The first-order valence-electron chi connectivity index (χ1n) is 3.74. The molecule has 1 rings (SSSR count). The van der Waals surface area contributed by atoms with Crippen molar-refractivity contribution in [2.75, 3.05) is 7.05 Å². The van der Waals surface area contributed by atoms with Crippen molar-refractivity contribution in [1.82, 2.24) is 4.42 Å². The van der Waals surface area contributed by atoms with E-state index in [1.807, 2.05) is 6.07 Å². The van der Waals surface area contributed by atoms with Gasteiger partial charge in [0.15, 0.2) is 0 Å². The van der Waals surface area contributed by atoms with Crippen LogP contribution in [0.5, 0.6) is 0 Å². The summed E-state index contributed by atoms with van der Waals surface area (Å²) in [5.74, 6) is 0.0741. The third-order valence-corrected chi connectivity index (χ3v) is 2.11. The molecule has 13 heavy (non-hydrogen) atoms. The smallest absolute Gasteiger partial charge is 0.268 e. The maximum absolute atomic E-state index is 11.5. The second kappa shape index (κ2) is 4.49. The standard InChI is InChI=1S/C9H9Cl2NO/c1-12(11)9(13)8-5-3-2-4-7(8)6-10/h2-5H,6H2,1H3. The average molecular weight is 218 g/mol. The molecule has 0 saturated heterocycles. The molecule has 0 fully saturated rings. The lowest BCUT2D eigenvalue weighted by molar-refractivity contribution is 0.0884. The lowest BCUT2D eigenvalue weighted by Crippen LogP contribution is -2.17. The second-order valence-electron chi connectivity index (χ2n) is 2.57. The molecule has 4 heteroatoms. The Morgan fingerprint density at radius 1 is 1.46 bits per heavy atom.